The molecule has 0 atom stereocenters. The molecular weight excluding hydrogens is 204 g/mol. The van der Waals surface area contributed by atoms with Crippen molar-refractivity contribution in [1.82, 2.24) is 10.6 Å². The van der Waals surface area contributed by atoms with Crippen molar-refractivity contribution in [2.24, 2.45) is 0 Å². The first-order chi connectivity index (χ1) is 7.38. The van der Waals surface area contributed by atoms with Gasteiger partial charge in [-0.15, -0.1) is 0 Å². The van der Waals surface area contributed by atoms with E-state index in [2.05, 4.69) is 17.2 Å². The first kappa shape index (κ1) is 15.1. The van der Waals surface area contributed by atoms with Gasteiger partial charge in [0.1, 0.15) is 0 Å². The third-order valence-electron chi connectivity index (χ3n) is 1.89. The lowest BCUT2D eigenvalue weighted by molar-refractivity contribution is -0.139. The Balaban J connectivity index is 4.48. The van der Waals surface area contributed by atoms with Crippen LogP contribution in [-0.4, -0.2) is 30.8 Å². The van der Waals surface area contributed by atoms with E-state index in [1.165, 1.54) is 0 Å². The number of hydrogen-bond acceptors (Lipinski definition) is 4. The van der Waals surface area contributed by atoms with Crippen molar-refractivity contribution in [3.05, 3.63) is 12.2 Å². The van der Waals surface area contributed by atoms with E-state index in [1.807, 2.05) is 27.7 Å². The Labute approximate surface area is 98.4 Å². The molecule has 0 amide bonds. The maximum Gasteiger partial charge on any atom is 0.336 e. The quantitative estimate of drug-likeness (QED) is 0.393. The van der Waals surface area contributed by atoms with Crippen molar-refractivity contribution >= 4 is 5.97 Å². The summed E-state index contributed by atoms with van der Waals surface area (Å²) in [7, 11) is 0. The van der Waals surface area contributed by atoms with Gasteiger partial charge in [0.15, 0.2) is 0 Å². The van der Waals surface area contributed by atoms with E-state index in [9.17, 15) is 4.79 Å². The summed E-state index contributed by atoms with van der Waals surface area (Å²) in [6, 6.07) is 0.532. The van der Waals surface area contributed by atoms with Crippen LogP contribution < -0.4 is 10.6 Å². The molecule has 0 heterocycles. The molecule has 0 rings (SSSR count). The highest BCUT2D eigenvalue weighted by Gasteiger charge is 2.20. The van der Waals surface area contributed by atoms with Crippen LogP contribution in [-0.2, 0) is 9.53 Å². The Morgan fingerprint density at radius 1 is 1.19 bits per heavy atom. The van der Waals surface area contributed by atoms with E-state index >= 15 is 0 Å². The molecule has 0 fully saturated rings. The summed E-state index contributed by atoms with van der Waals surface area (Å²) in [5, 5.41) is 6.48. The summed E-state index contributed by atoms with van der Waals surface area (Å²) in [6.45, 7) is 14.0. The first-order valence-corrected chi connectivity index (χ1v) is 5.76. The molecule has 0 aliphatic carbocycles. The van der Waals surface area contributed by atoms with E-state index in [0.29, 0.717) is 12.2 Å². The van der Waals surface area contributed by atoms with Crippen LogP contribution in [0.25, 0.3) is 0 Å². The molecule has 0 unspecified atom stereocenters. The molecule has 94 valence electrons. The minimum Gasteiger partial charge on any atom is -0.463 e. The fourth-order valence-corrected chi connectivity index (χ4v) is 1.26. The molecule has 0 saturated heterocycles. The third-order valence-corrected chi connectivity index (χ3v) is 1.89. The van der Waals surface area contributed by atoms with Crippen molar-refractivity contribution in [1.29, 1.82) is 0 Å². The molecular formula is C12H24N2O2. The highest BCUT2D eigenvalue weighted by atomic mass is 16.5. The van der Waals surface area contributed by atoms with E-state index in [0.717, 1.165) is 0 Å². The second-order valence-corrected chi connectivity index (χ2v) is 4.32. The van der Waals surface area contributed by atoms with Gasteiger partial charge in [-0.3, -0.25) is 10.6 Å². The van der Waals surface area contributed by atoms with Gasteiger partial charge in [0.2, 0.25) is 0 Å². The van der Waals surface area contributed by atoms with Gasteiger partial charge >= 0.3 is 5.97 Å². The van der Waals surface area contributed by atoms with Gasteiger partial charge in [-0.2, -0.15) is 0 Å². The van der Waals surface area contributed by atoms with Crippen LogP contribution in [0.2, 0.25) is 0 Å². The Kier molecular flexibility index (Phi) is 7.01. The molecule has 4 heteroatoms. The number of ether oxygens (including phenoxy) is 1. The Morgan fingerprint density at radius 2 is 1.62 bits per heavy atom. The average Bonchev–Trinajstić information content (AvgIpc) is 2.14. The fraction of sp³-hybridized carbons (Fsp3) is 0.750. The normalized spacial score (nSPS) is 11.2. The maximum atomic E-state index is 11.5. The predicted molar refractivity (Wildman–Crippen MR) is 66.1 cm³/mol. The number of hydrogen-bond donors (Lipinski definition) is 2. The molecule has 2 N–H and O–H groups in total. The molecule has 0 aromatic carbocycles. The van der Waals surface area contributed by atoms with Gasteiger partial charge in [-0.05, 0) is 34.6 Å². The smallest absolute Gasteiger partial charge is 0.336 e. The summed E-state index contributed by atoms with van der Waals surface area (Å²) in [5.74, 6) is -0.353. The number of carbonyl (C=O) groups is 1. The second kappa shape index (κ2) is 7.41. The molecule has 0 aliphatic heterocycles. The van der Waals surface area contributed by atoms with E-state index in [4.69, 9.17) is 4.74 Å². The highest BCUT2D eigenvalue weighted by Crippen LogP contribution is 2.02. The third kappa shape index (κ3) is 5.88. The number of nitrogens with one attached hydrogen (secondary N) is 2. The van der Waals surface area contributed by atoms with E-state index < -0.39 is 0 Å². The molecule has 0 aromatic rings. The zero-order valence-corrected chi connectivity index (χ0v) is 11.0. The Bertz CT molecular complexity index is 227. The molecule has 0 bridgehead atoms. The topological polar surface area (TPSA) is 50.4 Å². The van der Waals surface area contributed by atoms with Crippen LogP contribution in [0.5, 0.6) is 0 Å². The summed E-state index contributed by atoms with van der Waals surface area (Å²) < 4.78 is 4.93. The largest absolute Gasteiger partial charge is 0.463 e. The lowest BCUT2D eigenvalue weighted by atomic mass is 10.2. The van der Waals surface area contributed by atoms with Gasteiger partial charge in [0, 0.05) is 12.1 Å². The van der Waals surface area contributed by atoms with Crippen molar-refractivity contribution in [3.63, 3.8) is 0 Å². The predicted octanol–water partition coefficient (Wildman–Crippen LogP) is 1.43. The molecule has 4 nitrogen and oxygen atoms in total. The lowest BCUT2D eigenvalue weighted by Gasteiger charge is -2.25. The van der Waals surface area contributed by atoms with E-state index in [1.54, 1.807) is 6.92 Å². The van der Waals surface area contributed by atoms with Crippen molar-refractivity contribution in [2.45, 2.75) is 52.9 Å². The summed E-state index contributed by atoms with van der Waals surface area (Å²) in [6.07, 6.45) is -0.237. The standard InChI is InChI=1S/C12H24N2O2/c1-7-16-12(15)10(6)11(13-8(2)3)14-9(4)5/h8-9,11,13-14H,6-7H2,1-5H3. The number of esters is 1. The van der Waals surface area contributed by atoms with Crippen molar-refractivity contribution < 1.29 is 9.53 Å². The zero-order valence-electron chi connectivity index (χ0n) is 11.0. The molecule has 0 aliphatic rings. The van der Waals surface area contributed by atoms with Crippen LogP contribution in [0.4, 0.5) is 0 Å². The number of carbonyl (C=O) groups excluding carboxylic acids is 1. The van der Waals surface area contributed by atoms with Gasteiger partial charge in [0.25, 0.3) is 0 Å². The highest BCUT2D eigenvalue weighted by molar-refractivity contribution is 5.89. The minimum absolute atomic E-state index is 0.237. The minimum atomic E-state index is -0.353. The van der Waals surface area contributed by atoms with Gasteiger partial charge in [0.05, 0.1) is 18.3 Å². The SMILES string of the molecule is C=C(C(=O)OCC)C(NC(C)C)NC(C)C. The van der Waals surface area contributed by atoms with Crippen LogP contribution in [0.1, 0.15) is 34.6 Å². The molecule has 16 heavy (non-hydrogen) atoms. The Hall–Kier alpha value is -0.870. The molecule has 0 spiro atoms. The van der Waals surface area contributed by atoms with E-state index in [-0.39, 0.29) is 24.2 Å². The van der Waals surface area contributed by atoms with Crippen molar-refractivity contribution in [3.8, 4) is 0 Å². The van der Waals surface area contributed by atoms with Gasteiger partial charge in [-0.1, -0.05) is 6.58 Å². The van der Waals surface area contributed by atoms with Crippen molar-refractivity contribution in [2.75, 3.05) is 6.61 Å². The second-order valence-electron chi connectivity index (χ2n) is 4.32. The first-order valence-electron chi connectivity index (χ1n) is 5.76. The van der Waals surface area contributed by atoms with Crippen LogP contribution in [0.15, 0.2) is 12.2 Å². The monoisotopic (exact) mass is 228 g/mol. The van der Waals surface area contributed by atoms with Crippen LogP contribution in [0, 0.1) is 0 Å². The summed E-state index contributed by atoms with van der Waals surface area (Å²) in [4.78, 5) is 11.5. The molecule has 0 aromatic heterocycles. The molecule has 0 radical (unpaired) electrons. The number of rotatable bonds is 7. The van der Waals surface area contributed by atoms with Gasteiger partial charge < -0.3 is 4.74 Å². The van der Waals surface area contributed by atoms with Gasteiger partial charge in [-0.25, -0.2) is 4.79 Å². The lowest BCUT2D eigenvalue weighted by Crippen LogP contribution is -2.50. The van der Waals surface area contributed by atoms with Crippen LogP contribution >= 0.6 is 0 Å². The zero-order chi connectivity index (χ0) is 12.7. The molecule has 0 saturated carbocycles. The fourth-order valence-electron chi connectivity index (χ4n) is 1.26. The summed E-state index contributed by atoms with van der Waals surface area (Å²) in [5.41, 5.74) is 0.421. The Morgan fingerprint density at radius 3 is 1.94 bits per heavy atom. The maximum absolute atomic E-state index is 11.5. The average molecular weight is 228 g/mol. The van der Waals surface area contributed by atoms with Crippen LogP contribution in [0.3, 0.4) is 0 Å². The summed E-state index contributed by atoms with van der Waals surface area (Å²) >= 11 is 0.